The Labute approximate surface area is 152 Å². The highest BCUT2D eigenvalue weighted by atomic mass is 32.2. The number of amides is 2. The first-order valence-corrected chi connectivity index (χ1v) is 8.80. The van der Waals surface area contributed by atoms with Gasteiger partial charge in [0.15, 0.2) is 11.9 Å². The Morgan fingerprint density at radius 3 is 2.38 bits per heavy atom. The molecule has 0 saturated heterocycles. The number of fused-ring (bicyclic) bond motifs is 2. The van der Waals surface area contributed by atoms with E-state index in [1.54, 1.807) is 24.3 Å². The number of hydrogen-bond acceptors (Lipinski definition) is 6. The summed E-state index contributed by atoms with van der Waals surface area (Å²) in [5, 5.41) is 0.601. The third kappa shape index (κ3) is 2.95. The summed E-state index contributed by atoms with van der Waals surface area (Å²) < 4.78 is 5.08. The van der Waals surface area contributed by atoms with Crippen LogP contribution in [-0.2, 0) is 9.53 Å². The lowest BCUT2D eigenvalue weighted by Crippen LogP contribution is -2.33. The molecule has 7 nitrogen and oxygen atoms in total. The van der Waals surface area contributed by atoms with E-state index in [0.29, 0.717) is 16.3 Å². The van der Waals surface area contributed by atoms with Gasteiger partial charge in [-0.1, -0.05) is 36.0 Å². The summed E-state index contributed by atoms with van der Waals surface area (Å²) >= 11 is 1.20. The SMILES string of the molecule is O=C(CSc1nc2ccccc2[nH]1)OCN1C(=O)c2ccccc2C1=O. The number of ether oxygens (including phenoxy) is 1. The van der Waals surface area contributed by atoms with Crippen LogP contribution in [0, 0.1) is 0 Å². The molecule has 3 aromatic rings. The quantitative estimate of drug-likeness (QED) is 0.423. The van der Waals surface area contributed by atoms with Crippen LogP contribution in [0.3, 0.4) is 0 Å². The fraction of sp³-hybridized carbons (Fsp3) is 0.111. The third-order valence-corrected chi connectivity index (χ3v) is 4.77. The first-order chi connectivity index (χ1) is 12.6. The lowest BCUT2D eigenvalue weighted by atomic mass is 10.1. The third-order valence-electron chi connectivity index (χ3n) is 3.93. The number of hydrogen-bond donors (Lipinski definition) is 1. The molecule has 0 fully saturated rings. The van der Waals surface area contributed by atoms with Crippen LogP contribution >= 0.6 is 11.8 Å². The fourth-order valence-corrected chi connectivity index (χ4v) is 3.34. The molecule has 1 N–H and O–H groups in total. The number of imide groups is 1. The highest BCUT2D eigenvalue weighted by molar-refractivity contribution is 7.99. The molecule has 1 aromatic heterocycles. The average Bonchev–Trinajstić information content (AvgIpc) is 3.18. The molecule has 0 saturated carbocycles. The summed E-state index contributed by atoms with van der Waals surface area (Å²) in [5.74, 6) is -1.43. The van der Waals surface area contributed by atoms with E-state index >= 15 is 0 Å². The molecule has 1 aliphatic rings. The first kappa shape index (κ1) is 16.3. The maximum absolute atomic E-state index is 12.2. The Morgan fingerprint density at radius 2 is 1.69 bits per heavy atom. The van der Waals surface area contributed by atoms with E-state index in [1.165, 1.54) is 11.8 Å². The van der Waals surface area contributed by atoms with Gasteiger partial charge in [0.25, 0.3) is 11.8 Å². The predicted octanol–water partition coefficient (Wildman–Crippen LogP) is 2.45. The average molecular weight is 367 g/mol. The zero-order valence-corrected chi connectivity index (χ0v) is 14.3. The van der Waals surface area contributed by atoms with Gasteiger partial charge in [-0.15, -0.1) is 0 Å². The second-order valence-corrected chi connectivity index (χ2v) is 6.54. The molecule has 8 heteroatoms. The molecule has 0 bridgehead atoms. The van der Waals surface area contributed by atoms with Crippen molar-refractivity contribution in [2.24, 2.45) is 0 Å². The van der Waals surface area contributed by atoms with E-state index < -0.39 is 24.5 Å². The largest absolute Gasteiger partial charge is 0.443 e. The van der Waals surface area contributed by atoms with Gasteiger partial charge < -0.3 is 9.72 Å². The Kier molecular flexibility index (Phi) is 4.18. The number of carbonyl (C=O) groups excluding carboxylic acids is 3. The van der Waals surface area contributed by atoms with Gasteiger partial charge >= 0.3 is 5.97 Å². The van der Waals surface area contributed by atoms with E-state index in [9.17, 15) is 14.4 Å². The summed E-state index contributed by atoms with van der Waals surface area (Å²) in [6.45, 7) is -0.397. The maximum atomic E-state index is 12.2. The van der Waals surface area contributed by atoms with Gasteiger partial charge in [-0.25, -0.2) is 9.88 Å². The van der Waals surface area contributed by atoms with Gasteiger partial charge in [-0.05, 0) is 24.3 Å². The number of nitrogens with one attached hydrogen (secondary N) is 1. The van der Waals surface area contributed by atoms with E-state index in [2.05, 4.69) is 9.97 Å². The summed E-state index contributed by atoms with van der Waals surface area (Å²) in [6, 6.07) is 14.1. The first-order valence-electron chi connectivity index (χ1n) is 7.82. The minimum absolute atomic E-state index is 0.0169. The number of carbonyl (C=O) groups is 3. The number of para-hydroxylation sites is 2. The summed E-state index contributed by atoms with van der Waals surface area (Å²) in [6.07, 6.45) is 0. The number of benzene rings is 2. The zero-order chi connectivity index (χ0) is 18.1. The predicted molar refractivity (Wildman–Crippen MR) is 94.7 cm³/mol. The Hall–Kier alpha value is -3.13. The standard InChI is InChI=1S/C18H13N3O4S/c22-15(9-26-18-19-13-7-3-4-8-14(13)20-18)25-10-21-16(23)11-5-1-2-6-12(11)17(21)24/h1-8H,9-10H2,(H,19,20). The van der Waals surface area contributed by atoms with Gasteiger partial charge in [-0.2, -0.15) is 0 Å². The van der Waals surface area contributed by atoms with Gasteiger partial charge in [0, 0.05) is 0 Å². The van der Waals surface area contributed by atoms with Crippen molar-refractivity contribution in [2.45, 2.75) is 5.16 Å². The molecular formula is C18H13N3O4S. The lowest BCUT2D eigenvalue weighted by molar-refractivity contribution is -0.142. The Morgan fingerprint density at radius 1 is 1.04 bits per heavy atom. The van der Waals surface area contributed by atoms with E-state index in [0.717, 1.165) is 15.9 Å². The van der Waals surface area contributed by atoms with Crippen molar-refractivity contribution in [1.29, 1.82) is 0 Å². The molecule has 1 aliphatic heterocycles. The van der Waals surface area contributed by atoms with E-state index in [-0.39, 0.29) is 5.75 Å². The smallest absolute Gasteiger partial charge is 0.318 e. The van der Waals surface area contributed by atoms with Crippen LogP contribution < -0.4 is 0 Å². The second-order valence-electron chi connectivity index (χ2n) is 5.58. The van der Waals surface area contributed by atoms with Gasteiger partial charge in [-0.3, -0.25) is 14.4 Å². The zero-order valence-electron chi connectivity index (χ0n) is 13.5. The van der Waals surface area contributed by atoms with Crippen molar-refractivity contribution < 1.29 is 19.1 Å². The molecule has 26 heavy (non-hydrogen) atoms. The van der Waals surface area contributed by atoms with Crippen molar-refractivity contribution in [3.05, 3.63) is 59.7 Å². The molecule has 0 radical (unpaired) electrons. The van der Waals surface area contributed by atoms with Crippen LogP contribution in [0.15, 0.2) is 53.7 Å². The minimum atomic E-state index is -0.535. The van der Waals surface area contributed by atoms with Gasteiger partial charge in [0.1, 0.15) is 0 Å². The Bertz CT molecular complexity index is 962. The van der Waals surface area contributed by atoms with Crippen molar-refractivity contribution in [1.82, 2.24) is 14.9 Å². The van der Waals surface area contributed by atoms with Gasteiger partial charge in [0.2, 0.25) is 0 Å². The number of aromatic amines is 1. The number of imidazole rings is 1. The molecule has 2 amide bonds. The van der Waals surface area contributed by atoms with Crippen molar-refractivity contribution in [3.63, 3.8) is 0 Å². The number of H-pyrrole nitrogens is 1. The lowest BCUT2D eigenvalue weighted by Gasteiger charge is -2.13. The molecule has 0 spiro atoms. The topological polar surface area (TPSA) is 92.4 Å². The molecule has 0 atom stereocenters. The minimum Gasteiger partial charge on any atom is -0.443 e. The van der Waals surface area contributed by atoms with E-state index in [1.807, 2.05) is 24.3 Å². The number of aromatic nitrogens is 2. The van der Waals surface area contributed by atoms with Crippen LogP contribution in [0.1, 0.15) is 20.7 Å². The normalized spacial score (nSPS) is 13.3. The molecule has 0 aliphatic carbocycles. The molecular weight excluding hydrogens is 354 g/mol. The molecule has 0 unspecified atom stereocenters. The van der Waals surface area contributed by atoms with Crippen molar-refractivity contribution in [3.8, 4) is 0 Å². The van der Waals surface area contributed by atoms with Gasteiger partial charge in [0.05, 0.1) is 27.9 Å². The molecule has 2 heterocycles. The van der Waals surface area contributed by atoms with Crippen LogP contribution in [-0.4, -0.2) is 45.1 Å². The van der Waals surface area contributed by atoms with Crippen LogP contribution in [0.25, 0.3) is 11.0 Å². The van der Waals surface area contributed by atoms with Crippen LogP contribution in [0.4, 0.5) is 0 Å². The highest BCUT2D eigenvalue weighted by Crippen LogP contribution is 2.23. The monoisotopic (exact) mass is 367 g/mol. The number of thioether (sulfide) groups is 1. The summed E-state index contributed by atoms with van der Waals surface area (Å²) in [5.41, 5.74) is 2.35. The number of nitrogens with zero attached hydrogens (tertiary/aromatic N) is 2. The van der Waals surface area contributed by atoms with Crippen LogP contribution in [0.5, 0.6) is 0 Å². The summed E-state index contributed by atoms with van der Waals surface area (Å²) in [7, 11) is 0. The van der Waals surface area contributed by atoms with Crippen molar-refractivity contribution in [2.75, 3.05) is 12.5 Å². The molecule has 2 aromatic carbocycles. The van der Waals surface area contributed by atoms with Crippen molar-refractivity contribution >= 4 is 40.6 Å². The highest BCUT2D eigenvalue weighted by Gasteiger charge is 2.35. The van der Waals surface area contributed by atoms with E-state index in [4.69, 9.17) is 4.74 Å². The maximum Gasteiger partial charge on any atom is 0.318 e. The second kappa shape index (κ2) is 6.64. The Balaban J connectivity index is 1.33. The molecule has 130 valence electrons. The fourth-order valence-electron chi connectivity index (χ4n) is 2.66. The number of esters is 1. The number of rotatable bonds is 5. The van der Waals surface area contributed by atoms with Crippen LogP contribution in [0.2, 0.25) is 0 Å². The molecule has 4 rings (SSSR count). The summed E-state index contributed by atoms with van der Waals surface area (Å²) in [4.78, 5) is 44.7.